The third-order valence-corrected chi connectivity index (χ3v) is 6.20. The Morgan fingerprint density at radius 1 is 1.00 bits per heavy atom. The molecular weight excluding hydrogens is 398 g/mol. The molecule has 1 atom stereocenters. The molecule has 1 aromatic carbocycles. The molecule has 0 radical (unpaired) electrons. The summed E-state index contributed by atoms with van der Waals surface area (Å²) in [6.07, 6.45) is 0.784. The van der Waals surface area contributed by atoms with Crippen molar-refractivity contribution in [2.45, 2.75) is 31.6 Å². The van der Waals surface area contributed by atoms with Crippen LogP contribution in [0.15, 0.2) is 18.2 Å². The van der Waals surface area contributed by atoms with Crippen molar-refractivity contribution in [2.75, 3.05) is 79.8 Å². The number of piperazine rings is 1. The van der Waals surface area contributed by atoms with Gasteiger partial charge in [0.05, 0.1) is 19.8 Å². The van der Waals surface area contributed by atoms with E-state index in [0.29, 0.717) is 6.54 Å². The Balaban J connectivity index is 1.51. The first-order valence-electron chi connectivity index (χ1n) is 11.4. The zero-order valence-corrected chi connectivity index (χ0v) is 19.0. The van der Waals surface area contributed by atoms with Gasteiger partial charge in [-0.25, -0.2) is 0 Å². The largest absolute Gasteiger partial charge is 0.497 e. The van der Waals surface area contributed by atoms with Gasteiger partial charge < -0.3 is 29.3 Å². The number of nitrogens with zero attached hydrogens (tertiary/aromatic N) is 3. The lowest BCUT2D eigenvalue weighted by Gasteiger charge is -2.35. The summed E-state index contributed by atoms with van der Waals surface area (Å²) in [4.78, 5) is 7.05. The van der Waals surface area contributed by atoms with Crippen LogP contribution in [0.25, 0.3) is 0 Å². The zero-order valence-electron chi connectivity index (χ0n) is 19.0. The highest BCUT2D eigenvalue weighted by Crippen LogP contribution is 2.26. The first kappa shape index (κ1) is 24.2. The maximum absolute atomic E-state index is 10.5. The van der Waals surface area contributed by atoms with Gasteiger partial charge in [-0.1, -0.05) is 0 Å². The molecule has 0 aromatic heterocycles. The van der Waals surface area contributed by atoms with Gasteiger partial charge >= 0.3 is 0 Å². The van der Waals surface area contributed by atoms with Gasteiger partial charge in [0.2, 0.25) is 0 Å². The summed E-state index contributed by atoms with van der Waals surface area (Å²) < 4.78 is 16.7. The molecule has 8 nitrogen and oxygen atoms in total. The van der Waals surface area contributed by atoms with Gasteiger partial charge in [0.15, 0.2) is 0 Å². The monoisotopic (exact) mass is 437 g/mol. The van der Waals surface area contributed by atoms with Gasteiger partial charge in [-0.3, -0.25) is 9.80 Å². The second-order valence-electron chi connectivity index (χ2n) is 8.58. The van der Waals surface area contributed by atoms with E-state index in [9.17, 15) is 10.2 Å². The van der Waals surface area contributed by atoms with Crippen LogP contribution in [0.1, 0.15) is 18.4 Å². The third-order valence-electron chi connectivity index (χ3n) is 6.20. The molecule has 2 heterocycles. The number of hydrogen-bond donors (Lipinski definition) is 2. The minimum atomic E-state index is -0.561. The maximum atomic E-state index is 10.5. The molecule has 0 saturated carbocycles. The van der Waals surface area contributed by atoms with Crippen LogP contribution in [-0.4, -0.2) is 117 Å². The number of benzene rings is 1. The van der Waals surface area contributed by atoms with Gasteiger partial charge in [0.1, 0.15) is 24.2 Å². The fraction of sp³-hybridized carbons (Fsp3) is 0.739. The number of rotatable bonds is 11. The van der Waals surface area contributed by atoms with Crippen molar-refractivity contribution >= 4 is 0 Å². The van der Waals surface area contributed by atoms with Gasteiger partial charge in [-0.05, 0) is 31.0 Å². The van der Waals surface area contributed by atoms with Crippen molar-refractivity contribution in [1.29, 1.82) is 0 Å². The molecular formula is C23H39N3O5. The Bertz CT molecular complexity index is 646. The summed E-state index contributed by atoms with van der Waals surface area (Å²) >= 11 is 0. The van der Waals surface area contributed by atoms with E-state index in [-0.39, 0.29) is 12.7 Å². The Kier molecular flexibility index (Phi) is 9.83. The molecule has 1 aromatic rings. The molecule has 2 fully saturated rings. The lowest BCUT2D eigenvalue weighted by Crippen LogP contribution is -2.46. The average Bonchev–Trinajstić information content (AvgIpc) is 2.79. The molecule has 0 amide bonds. The summed E-state index contributed by atoms with van der Waals surface area (Å²) in [5.41, 5.74) is 1.08. The van der Waals surface area contributed by atoms with Crippen molar-refractivity contribution in [3.63, 3.8) is 0 Å². The average molecular weight is 438 g/mol. The highest BCUT2D eigenvalue weighted by Gasteiger charge is 2.21. The molecule has 0 spiro atoms. The second kappa shape index (κ2) is 12.6. The summed E-state index contributed by atoms with van der Waals surface area (Å²) in [6.45, 7) is 9.09. The van der Waals surface area contributed by atoms with Crippen LogP contribution in [-0.2, 0) is 11.3 Å². The number of aliphatic hydroxyl groups excluding tert-OH is 2. The molecule has 2 N–H and O–H groups in total. The third kappa shape index (κ3) is 7.89. The number of methoxy groups -OCH3 is 2. The number of hydrogen-bond acceptors (Lipinski definition) is 8. The predicted molar refractivity (Wildman–Crippen MR) is 120 cm³/mol. The highest BCUT2D eigenvalue weighted by atomic mass is 16.5. The van der Waals surface area contributed by atoms with E-state index in [4.69, 9.17) is 14.2 Å². The van der Waals surface area contributed by atoms with Gasteiger partial charge in [-0.15, -0.1) is 0 Å². The van der Waals surface area contributed by atoms with E-state index in [1.165, 1.54) is 0 Å². The van der Waals surface area contributed by atoms with Crippen LogP contribution < -0.4 is 9.47 Å². The minimum Gasteiger partial charge on any atom is -0.497 e. The first-order chi connectivity index (χ1) is 15.1. The zero-order chi connectivity index (χ0) is 22.1. The van der Waals surface area contributed by atoms with Crippen LogP contribution in [0.5, 0.6) is 11.5 Å². The molecule has 3 rings (SSSR count). The Hall–Kier alpha value is -1.42. The van der Waals surface area contributed by atoms with Gasteiger partial charge in [0.25, 0.3) is 0 Å². The first-order valence-corrected chi connectivity index (χ1v) is 11.4. The van der Waals surface area contributed by atoms with Crippen LogP contribution in [0.4, 0.5) is 0 Å². The van der Waals surface area contributed by atoms with Crippen molar-refractivity contribution in [3.05, 3.63) is 23.8 Å². The highest BCUT2D eigenvalue weighted by molar-refractivity contribution is 5.40. The molecule has 2 aliphatic rings. The minimum absolute atomic E-state index is 0.201. The summed E-state index contributed by atoms with van der Waals surface area (Å²) in [7, 11) is 3.42. The lowest BCUT2D eigenvalue weighted by atomic mass is 10.1. The van der Waals surface area contributed by atoms with Crippen LogP contribution in [0, 0.1) is 0 Å². The quantitative estimate of drug-likeness (QED) is 0.523. The molecule has 2 saturated heterocycles. The molecule has 1 unspecified atom stereocenters. The smallest absolute Gasteiger partial charge is 0.124 e. The summed E-state index contributed by atoms with van der Waals surface area (Å²) in [6, 6.07) is 5.87. The van der Waals surface area contributed by atoms with Crippen LogP contribution in [0.3, 0.4) is 0 Å². The summed E-state index contributed by atoms with van der Waals surface area (Å²) in [5, 5.41) is 20.1. The Labute approximate surface area is 186 Å². The van der Waals surface area contributed by atoms with E-state index >= 15 is 0 Å². The maximum Gasteiger partial charge on any atom is 0.124 e. The van der Waals surface area contributed by atoms with Gasteiger partial charge in [-0.2, -0.15) is 0 Å². The van der Waals surface area contributed by atoms with E-state index < -0.39 is 6.10 Å². The number of likely N-dealkylation sites (tertiary alicyclic amines) is 1. The molecule has 176 valence electrons. The van der Waals surface area contributed by atoms with E-state index in [0.717, 1.165) is 88.9 Å². The molecule has 2 aliphatic heterocycles. The molecule has 31 heavy (non-hydrogen) atoms. The van der Waals surface area contributed by atoms with Crippen molar-refractivity contribution in [1.82, 2.24) is 14.7 Å². The Morgan fingerprint density at radius 2 is 1.71 bits per heavy atom. The molecule has 0 aliphatic carbocycles. The standard InChI is InChI=1S/C23H39N3O5/c1-29-14-13-24-9-11-26(12-10-24)16-19-15-22(30-2)3-4-23(19)31-18-21(28)17-25-7-5-20(27)6-8-25/h3-4,15,20-21,27-28H,5-14,16-18H2,1-2H3. The molecule has 8 heteroatoms. The number of β-amino-alcohol motifs (C(OH)–C–C–N with tert-alkyl or cyclic N) is 1. The van der Waals surface area contributed by atoms with Gasteiger partial charge in [0, 0.05) is 71.6 Å². The fourth-order valence-electron chi connectivity index (χ4n) is 4.22. The molecule has 0 bridgehead atoms. The topological polar surface area (TPSA) is 77.9 Å². The second-order valence-corrected chi connectivity index (χ2v) is 8.58. The van der Waals surface area contributed by atoms with Crippen molar-refractivity contribution in [3.8, 4) is 11.5 Å². The van der Waals surface area contributed by atoms with E-state index in [2.05, 4.69) is 14.7 Å². The van der Waals surface area contributed by atoms with Crippen LogP contribution in [0.2, 0.25) is 0 Å². The normalized spacial score (nSPS) is 20.6. The Morgan fingerprint density at radius 3 is 2.39 bits per heavy atom. The van der Waals surface area contributed by atoms with Crippen molar-refractivity contribution < 1.29 is 24.4 Å². The SMILES string of the molecule is COCCN1CCN(Cc2cc(OC)ccc2OCC(O)CN2CCC(O)CC2)CC1. The van der Waals surface area contributed by atoms with Crippen LogP contribution >= 0.6 is 0 Å². The predicted octanol–water partition coefficient (Wildman–Crippen LogP) is 0.656. The number of piperidine rings is 1. The number of ether oxygens (including phenoxy) is 3. The fourth-order valence-corrected chi connectivity index (χ4v) is 4.22. The van der Waals surface area contributed by atoms with E-state index in [1.54, 1.807) is 14.2 Å². The lowest BCUT2D eigenvalue weighted by molar-refractivity contribution is 0.0333. The number of aliphatic hydroxyl groups is 2. The van der Waals surface area contributed by atoms with E-state index in [1.807, 2.05) is 18.2 Å². The summed E-state index contributed by atoms with van der Waals surface area (Å²) in [5.74, 6) is 1.62. The van der Waals surface area contributed by atoms with Crippen molar-refractivity contribution in [2.24, 2.45) is 0 Å².